The van der Waals surface area contributed by atoms with Crippen molar-refractivity contribution in [1.82, 2.24) is 20.1 Å². The molecular formula is C19H23ClN4O4S2. The molecule has 1 N–H and O–H groups in total. The van der Waals surface area contributed by atoms with Crippen LogP contribution in [0.2, 0.25) is 5.02 Å². The van der Waals surface area contributed by atoms with Gasteiger partial charge in [0.2, 0.25) is 5.91 Å². The van der Waals surface area contributed by atoms with Crippen molar-refractivity contribution in [3.63, 3.8) is 0 Å². The molecule has 1 aromatic carbocycles. The van der Waals surface area contributed by atoms with Gasteiger partial charge in [-0.15, -0.1) is 10.2 Å². The van der Waals surface area contributed by atoms with E-state index in [0.717, 1.165) is 12.8 Å². The molecule has 11 heteroatoms. The number of sulfone groups is 1. The second-order valence-corrected chi connectivity index (χ2v) is 11.5. The number of nitrogens with one attached hydrogen (secondary N) is 1. The fourth-order valence-electron chi connectivity index (χ4n) is 3.33. The second kappa shape index (κ2) is 8.76. The maximum Gasteiger partial charge on any atom is 0.233 e. The lowest BCUT2D eigenvalue weighted by atomic mass is 10.2. The highest BCUT2D eigenvalue weighted by Gasteiger charge is 2.33. The van der Waals surface area contributed by atoms with Crippen LogP contribution in [0.3, 0.4) is 0 Å². The van der Waals surface area contributed by atoms with E-state index in [1.807, 2.05) is 16.7 Å². The molecule has 2 fully saturated rings. The first-order valence-corrected chi connectivity index (χ1v) is 12.9. The van der Waals surface area contributed by atoms with Crippen molar-refractivity contribution in [2.45, 2.75) is 55.3 Å². The molecule has 2 aliphatic rings. The van der Waals surface area contributed by atoms with Crippen LogP contribution in [0.25, 0.3) is 0 Å². The van der Waals surface area contributed by atoms with Gasteiger partial charge in [-0.05, 0) is 38.3 Å². The summed E-state index contributed by atoms with van der Waals surface area (Å²) in [6.45, 7) is 2.02. The monoisotopic (exact) mass is 470 g/mol. The molecule has 2 aromatic rings. The predicted molar refractivity (Wildman–Crippen MR) is 115 cm³/mol. The molecule has 0 spiro atoms. The summed E-state index contributed by atoms with van der Waals surface area (Å²) in [6.07, 6.45) is 2.53. The van der Waals surface area contributed by atoms with Crippen LogP contribution >= 0.6 is 23.4 Å². The zero-order valence-corrected chi connectivity index (χ0v) is 18.8. The molecule has 1 amide bonds. The van der Waals surface area contributed by atoms with Gasteiger partial charge < -0.3 is 10.1 Å². The number of halogens is 1. The molecule has 1 saturated carbocycles. The molecular weight excluding hydrogens is 448 g/mol. The van der Waals surface area contributed by atoms with Crippen molar-refractivity contribution < 1.29 is 17.9 Å². The molecule has 1 aromatic heterocycles. The van der Waals surface area contributed by atoms with Crippen molar-refractivity contribution in [3.05, 3.63) is 35.1 Å². The van der Waals surface area contributed by atoms with Crippen LogP contribution in [0.5, 0.6) is 5.75 Å². The number of carbonyl (C=O) groups excluding carboxylic acids is 1. The van der Waals surface area contributed by atoms with Crippen molar-refractivity contribution in [3.8, 4) is 5.75 Å². The third-order valence-corrected chi connectivity index (χ3v) is 8.21. The van der Waals surface area contributed by atoms with Crippen LogP contribution in [-0.4, -0.2) is 51.9 Å². The van der Waals surface area contributed by atoms with Crippen LogP contribution in [0.15, 0.2) is 29.4 Å². The van der Waals surface area contributed by atoms with E-state index in [2.05, 4.69) is 15.5 Å². The summed E-state index contributed by atoms with van der Waals surface area (Å²) in [4.78, 5) is 12.5. The third kappa shape index (κ3) is 5.09. The van der Waals surface area contributed by atoms with E-state index in [9.17, 15) is 13.2 Å². The first kappa shape index (κ1) is 21.5. The van der Waals surface area contributed by atoms with E-state index in [0.29, 0.717) is 34.2 Å². The van der Waals surface area contributed by atoms with Crippen LogP contribution in [0.4, 0.5) is 0 Å². The van der Waals surface area contributed by atoms with Gasteiger partial charge in [0.25, 0.3) is 0 Å². The summed E-state index contributed by atoms with van der Waals surface area (Å²) >= 11 is 7.47. The van der Waals surface area contributed by atoms with Crippen LogP contribution in [0, 0.1) is 0 Å². The Kier molecular flexibility index (Phi) is 6.26. The quantitative estimate of drug-likeness (QED) is 0.591. The van der Waals surface area contributed by atoms with Gasteiger partial charge in [-0.2, -0.15) is 0 Å². The van der Waals surface area contributed by atoms with E-state index >= 15 is 0 Å². The Bertz CT molecular complexity index is 1040. The SMILES string of the molecule is C[C@H](Sc1nnc(COc2ccccc2Cl)n1C1CC1)C(=O)N[C@@H]1CCS(=O)(=O)C1. The van der Waals surface area contributed by atoms with Crippen molar-refractivity contribution >= 4 is 39.1 Å². The number of ether oxygens (including phenoxy) is 1. The number of para-hydroxylation sites is 1. The fourth-order valence-corrected chi connectivity index (χ4v) is 6.14. The molecule has 0 unspecified atom stereocenters. The zero-order valence-electron chi connectivity index (χ0n) is 16.5. The van der Waals surface area contributed by atoms with Gasteiger partial charge in [-0.1, -0.05) is 35.5 Å². The maximum atomic E-state index is 12.5. The summed E-state index contributed by atoms with van der Waals surface area (Å²) in [5, 5.41) is 12.2. The maximum absolute atomic E-state index is 12.5. The number of nitrogens with zero attached hydrogens (tertiary/aromatic N) is 3. The summed E-state index contributed by atoms with van der Waals surface area (Å²) in [7, 11) is -3.04. The Morgan fingerprint density at radius 3 is 2.77 bits per heavy atom. The van der Waals surface area contributed by atoms with E-state index in [-0.39, 0.29) is 30.1 Å². The summed E-state index contributed by atoms with van der Waals surface area (Å²) in [5.74, 6) is 1.22. The molecule has 0 radical (unpaired) electrons. The van der Waals surface area contributed by atoms with Gasteiger partial charge in [0.15, 0.2) is 20.8 Å². The highest BCUT2D eigenvalue weighted by Crippen LogP contribution is 2.39. The Morgan fingerprint density at radius 1 is 1.33 bits per heavy atom. The molecule has 1 aliphatic carbocycles. The topological polar surface area (TPSA) is 103 Å². The number of thioether (sulfide) groups is 1. The minimum Gasteiger partial charge on any atom is -0.484 e. The standard InChI is InChI=1S/C19H23ClN4O4S2/c1-12(18(25)21-13-8-9-30(26,27)11-13)29-19-23-22-17(24(19)14-6-7-14)10-28-16-5-3-2-4-15(16)20/h2-5,12-14H,6-11H2,1H3,(H,21,25)/t12-,13+/m0/s1. The Labute approximate surface area is 184 Å². The molecule has 1 aliphatic heterocycles. The number of hydrogen-bond donors (Lipinski definition) is 1. The minimum absolute atomic E-state index is 0.0118. The summed E-state index contributed by atoms with van der Waals surface area (Å²) in [5.41, 5.74) is 0. The third-order valence-electron chi connectivity index (χ3n) is 5.07. The number of benzene rings is 1. The van der Waals surface area contributed by atoms with E-state index in [4.69, 9.17) is 16.3 Å². The molecule has 4 rings (SSSR count). The predicted octanol–water partition coefficient (Wildman–Crippen LogP) is 2.63. The van der Waals surface area contributed by atoms with Gasteiger partial charge in [0, 0.05) is 12.1 Å². The largest absolute Gasteiger partial charge is 0.484 e. The Balaban J connectivity index is 1.40. The van der Waals surface area contributed by atoms with Gasteiger partial charge in [0.1, 0.15) is 12.4 Å². The first-order chi connectivity index (χ1) is 14.3. The zero-order chi connectivity index (χ0) is 21.3. The number of carbonyl (C=O) groups is 1. The highest BCUT2D eigenvalue weighted by molar-refractivity contribution is 8.00. The Morgan fingerprint density at radius 2 is 2.10 bits per heavy atom. The van der Waals surface area contributed by atoms with E-state index < -0.39 is 15.1 Å². The Hall–Kier alpha value is -1.78. The molecule has 0 bridgehead atoms. The van der Waals surface area contributed by atoms with Crippen molar-refractivity contribution in [2.75, 3.05) is 11.5 Å². The molecule has 2 heterocycles. The lowest BCUT2D eigenvalue weighted by Crippen LogP contribution is -2.40. The average molecular weight is 471 g/mol. The summed E-state index contributed by atoms with van der Waals surface area (Å²) < 4.78 is 31.0. The van der Waals surface area contributed by atoms with Crippen LogP contribution in [-0.2, 0) is 21.2 Å². The second-order valence-electron chi connectivity index (χ2n) is 7.59. The fraction of sp³-hybridized carbons (Fsp3) is 0.526. The van der Waals surface area contributed by atoms with Gasteiger partial charge in [-0.3, -0.25) is 9.36 Å². The lowest BCUT2D eigenvalue weighted by molar-refractivity contribution is -0.120. The van der Waals surface area contributed by atoms with Gasteiger partial charge in [-0.25, -0.2) is 8.42 Å². The molecule has 30 heavy (non-hydrogen) atoms. The highest BCUT2D eigenvalue weighted by atomic mass is 35.5. The molecule has 162 valence electrons. The number of rotatable bonds is 8. The van der Waals surface area contributed by atoms with Gasteiger partial charge >= 0.3 is 0 Å². The number of amides is 1. The van der Waals surface area contributed by atoms with Crippen LogP contribution < -0.4 is 10.1 Å². The average Bonchev–Trinajstić information content (AvgIpc) is 3.37. The lowest BCUT2D eigenvalue weighted by Gasteiger charge is -2.16. The normalized spacial score (nSPS) is 21.3. The minimum atomic E-state index is -3.04. The number of aromatic nitrogens is 3. The number of hydrogen-bond acceptors (Lipinski definition) is 7. The van der Waals surface area contributed by atoms with E-state index in [1.54, 1.807) is 19.1 Å². The molecule has 8 nitrogen and oxygen atoms in total. The smallest absolute Gasteiger partial charge is 0.233 e. The van der Waals surface area contributed by atoms with Crippen molar-refractivity contribution in [1.29, 1.82) is 0 Å². The molecule has 1 saturated heterocycles. The van der Waals surface area contributed by atoms with Crippen LogP contribution in [0.1, 0.15) is 38.1 Å². The first-order valence-electron chi connectivity index (χ1n) is 9.81. The van der Waals surface area contributed by atoms with E-state index in [1.165, 1.54) is 11.8 Å². The molecule has 2 atom stereocenters. The van der Waals surface area contributed by atoms with Crippen molar-refractivity contribution in [2.24, 2.45) is 0 Å². The summed E-state index contributed by atoms with van der Waals surface area (Å²) in [6, 6.07) is 7.24. The van der Waals surface area contributed by atoms with Gasteiger partial charge in [0.05, 0.1) is 21.8 Å².